The van der Waals surface area contributed by atoms with Gasteiger partial charge in [0.15, 0.2) is 0 Å². The first-order chi connectivity index (χ1) is 6.29. The standard InChI is InChI=1S/C10H24N2O/c1-4-10(5-2)12(7-6-11)8-9-13-3/h10H,4-9,11H2,1-3H3. The van der Waals surface area contributed by atoms with E-state index in [1.54, 1.807) is 7.11 Å². The van der Waals surface area contributed by atoms with Gasteiger partial charge < -0.3 is 10.5 Å². The Morgan fingerprint density at radius 2 is 1.85 bits per heavy atom. The molecule has 0 aromatic carbocycles. The highest BCUT2D eigenvalue weighted by molar-refractivity contribution is 4.68. The van der Waals surface area contributed by atoms with Crippen molar-refractivity contribution in [2.45, 2.75) is 32.7 Å². The molecule has 0 aromatic rings. The Hall–Kier alpha value is -0.120. The van der Waals surface area contributed by atoms with Crippen LogP contribution in [0.2, 0.25) is 0 Å². The van der Waals surface area contributed by atoms with Crippen LogP contribution in [0.25, 0.3) is 0 Å². The number of hydrogen-bond acceptors (Lipinski definition) is 3. The van der Waals surface area contributed by atoms with Crippen molar-refractivity contribution in [2.75, 3.05) is 33.4 Å². The summed E-state index contributed by atoms with van der Waals surface area (Å²) in [6.45, 7) is 7.97. The average Bonchev–Trinajstić information content (AvgIpc) is 2.16. The zero-order valence-electron chi connectivity index (χ0n) is 9.25. The summed E-state index contributed by atoms with van der Waals surface area (Å²) in [7, 11) is 1.74. The van der Waals surface area contributed by atoms with Gasteiger partial charge in [-0.15, -0.1) is 0 Å². The van der Waals surface area contributed by atoms with Crippen molar-refractivity contribution in [1.82, 2.24) is 4.90 Å². The molecule has 0 heterocycles. The molecule has 0 aliphatic heterocycles. The van der Waals surface area contributed by atoms with Crippen molar-refractivity contribution in [1.29, 1.82) is 0 Å². The van der Waals surface area contributed by atoms with Crippen LogP contribution in [-0.4, -0.2) is 44.3 Å². The third-order valence-electron chi connectivity index (χ3n) is 2.46. The monoisotopic (exact) mass is 188 g/mol. The van der Waals surface area contributed by atoms with Crippen LogP contribution in [0.5, 0.6) is 0 Å². The summed E-state index contributed by atoms with van der Waals surface area (Å²) < 4.78 is 5.08. The molecule has 0 saturated heterocycles. The molecular formula is C10H24N2O. The van der Waals surface area contributed by atoms with Gasteiger partial charge in [-0.05, 0) is 12.8 Å². The second-order valence-electron chi connectivity index (χ2n) is 3.29. The summed E-state index contributed by atoms with van der Waals surface area (Å²) in [5, 5.41) is 0. The molecule has 0 amide bonds. The molecule has 13 heavy (non-hydrogen) atoms. The normalized spacial score (nSPS) is 11.5. The lowest BCUT2D eigenvalue weighted by molar-refractivity contribution is 0.118. The van der Waals surface area contributed by atoms with Gasteiger partial charge in [-0.2, -0.15) is 0 Å². The molecule has 0 aliphatic rings. The van der Waals surface area contributed by atoms with Crippen LogP contribution in [0.3, 0.4) is 0 Å². The highest BCUT2D eigenvalue weighted by atomic mass is 16.5. The van der Waals surface area contributed by atoms with E-state index in [0.717, 1.165) is 26.2 Å². The fraction of sp³-hybridized carbons (Fsp3) is 1.00. The molecule has 0 radical (unpaired) electrons. The van der Waals surface area contributed by atoms with Crippen molar-refractivity contribution >= 4 is 0 Å². The van der Waals surface area contributed by atoms with E-state index in [1.807, 2.05) is 0 Å². The Kier molecular flexibility index (Phi) is 8.40. The topological polar surface area (TPSA) is 38.5 Å². The Labute approximate surface area is 82.2 Å². The van der Waals surface area contributed by atoms with E-state index in [-0.39, 0.29) is 0 Å². The van der Waals surface area contributed by atoms with Crippen LogP contribution in [0.1, 0.15) is 26.7 Å². The van der Waals surface area contributed by atoms with Crippen molar-refractivity contribution < 1.29 is 4.74 Å². The van der Waals surface area contributed by atoms with Gasteiger partial charge in [-0.25, -0.2) is 0 Å². The highest BCUT2D eigenvalue weighted by Crippen LogP contribution is 2.07. The summed E-state index contributed by atoms with van der Waals surface area (Å²) in [4.78, 5) is 2.42. The van der Waals surface area contributed by atoms with Crippen molar-refractivity contribution in [2.24, 2.45) is 5.73 Å². The summed E-state index contributed by atoms with van der Waals surface area (Å²) in [5.41, 5.74) is 5.57. The summed E-state index contributed by atoms with van der Waals surface area (Å²) in [5.74, 6) is 0. The predicted molar refractivity (Wildman–Crippen MR) is 56.9 cm³/mol. The van der Waals surface area contributed by atoms with E-state index < -0.39 is 0 Å². The van der Waals surface area contributed by atoms with Gasteiger partial charge in [0, 0.05) is 32.8 Å². The van der Waals surface area contributed by atoms with Gasteiger partial charge >= 0.3 is 0 Å². The van der Waals surface area contributed by atoms with Gasteiger partial charge in [0.2, 0.25) is 0 Å². The SMILES string of the molecule is CCC(CC)N(CCN)CCOC. The average molecular weight is 188 g/mol. The van der Waals surface area contributed by atoms with Crippen LogP contribution in [0.15, 0.2) is 0 Å². The van der Waals surface area contributed by atoms with E-state index >= 15 is 0 Å². The lowest BCUT2D eigenvalue weighted by Gasteiger charge is -2.29. The molecule has 0 atom stereocenters. The third kappa shape index (κ3) is 5.24. The third-order valence-corrected chi connectivity index (χ3v) is 2.46. The van der Waals surface area contributed by atoms with Crippen molar-refractivity contribution in [3.8, 4) is 0 Å². The van der Waals surface area contributed by atoms with E-state index in [0.29, 0.717) is 6.04 Å². The van der Waals surface area contributed by atoms with Gasteiger partial charge in [0.25, 0.3) is 0 Å². The number of hydrogen-bond donors (Lipinski definition) is 1. The zero-order chi connectivity index (χ0) is 10.1. The van der Waals surface area contributed by atoms with Gasteiger partial charge in [0.1, 0.15) is 0 Å². The first-order valence-electron chi connectivity index (χ1n) is 5.23. The lowest BCUT2D eigenvalue weighted by atomic mass is 10.1. The maximum atomic E-state index is 5.57. The quantitative estimate of drug-likeness (QED) is 0.619. The molecule has 0 bridgehead atoms. The van der Waals surface area contributed by atoms with E-state index in [4.69, 9.17) is 10.5 Å². The Balaban J connectivity index is 3.88. The van der Waals surface area contributed by atoms with Crippen LogP contribution in [-0.2, 0) is 4.74 Å². The van der Waals surface area contributed by atoms with Crippen LogP contribution < -0.4 is 5.73 Å². The molecule has 2 N–H and O–H groups in total. The molecule has 0 spiro atoms. The second kappa shape index (κ2) is 8.48. The number of rotatable bonds is 8. The van der Waals surface area contributed by atoms with Crippen LogP contribution in [0, 0.1) is 0 Å². The fourth-order valence-electron chi connectivity index (χ4n) is 1.66. The first kappa shape index (κ1) is 12.9. The van der Waals surface area contributed by atoms with Crippen molar-refractivity contribution in [3.05, 3.63) is 0 Å². The Morgan fingerprint density at radius 1 is 1.23 bits per heavy atom. The van der Waals surface area contributed by atoms with Crippen LogP contribution in [0.4, 0.5) is 0 Å². The molecular weight excluding hydrogens is 164 g/mol. The smallest absolute Gasteiger partial charge is 0.0589 e. The molecule has 80 valence electrons. The number of nitrogens with zero attached hydrogens (tertiary/aromatic N) is 1. The maximum Gasteiger partial charge on any atom is 0.0589 e. The molecule has 0 unspecified atom stereocenters. The Morgan fingerprint density at radius 3 is 2.23 bits per heavy atom. The first-order valence-corrected chi connectivity index (χ1v) is 5.23. The van der Waals surface area contributed by atoms with Crippen molar-refractivity contribution in [3.63, 3.8) is 0 Å². The Bertz CT molecular complexity index is 105. The number of ether oxygens (including phenoxy) is 1. The molecule has 0 rings (SSSR count). The van der Waals surface area contributed by atoms with Crippen LogP contribution >= 0.6 is 0 Å². The fourth-order valence-corrected chi connectivity index (χ4v) is 1.66. The van der Waals surface area contributed by atoms with E-state index in [2.05, 4.69) is 18.7 Å². The minimum absolute atomic E-state index is 0.665. The lowest BCUT2D eigenvalue weighted by Crippen LogP contribution is -2.40. The van der Waals surface area contributed by atoms with E-state index in [1.165, 1.54) is 12.8 Å². The summed E-state index contributed by atoms with van der Waals surface area (Å²) in [6.07, 6.45) is 2.39. The molecule has 0 fully saturated rings. The van der Waals surface area contributed by atoms with E-state index in [9.17, 15) is 0 Å². The number of methoxy groups -OCH3 is 1. The summed E-state index contributed by atoms with van der Waals surface area (Å²) >= 11 is 0. The molecule has 0 saturated carbocycles. The molecule has 0 aliphatic carbocycles. The minimum atomic E-state index is 0.665. The molecule has 0 aromatic heterocycles. The zero-order valence-corrected chi connectivity index (χ0v) is 9.25. The van der Waals surface area contributed by atoms with Gasteiger partial charge in [-0.1, -0.05) is 13.8 Å². The largest absolute Gasteiger partial charge is 0.383 e. The van der Waals surface area contributed by atoms with Gasteiger partial charge in [-0.3, -0.25) is 4.90 Å². The highest BCUT2D eigenvalue weighted by Gasteiger charge is 2.12. The predicted octanol–water partition coefficient (Wildman–Crippen LogP) is 1.08. The number of nitrogens with two attached hydrogens (primary N) is 1. The van der Waals surface area contributed by atoms with Gasteiger partial charge in [0.05, 0.1) is 6.61 Å². The maximum absolute atomic E-state index is 5.57. The molecule has 3 heteroatoms. The molecule has 3 nitrogen and oxygen atoms in total. The minimum Gasteiger partial charge on any atom is -0.383 e. The summed E-state index contributed by atoms with van der Waals surface area (Å²) in [6, 6.07) is 0.665. The second-order valence-corrected chi connectivity index (χ2v) is 3.29.